The molecule has 2 rings (SSSR count). The van der Waals surface area contributed by atoms with Crippen molar-refractivity contribution in [1.29, 1.82) is 0 Å². The summed E-state index contributed by atoms with van der Waals surface area (Å²) in [4.78, 5) is 37.7. The molecule has 0 bridgehead atoms. The van der Waals surface area contributed by atoms with Gasteiger partial charge in [0.1, 0.15) is 6.54 Å². The van der Waals surface area contributed by atoms with Crippen LogP contribution >= 0.6 is 23.2 Å². The molecule has 30 heavy (non-hydrogen) atoms. The van der Waals surface area contributed by atoms with Crippen molar-refractivity contribution in [3.63, 3.8) is 0 Å². The first-order chi connectivity index (χ1) is 14.2. The second-order valence-corrected chi connectivity index (χ2v) is 7.45. The van der Waals surface area contributed by atoms with Gasteiger partial charge in [-0.25, -0.2) is 4.79 Å². The summed E-state index contributed by atoms with van der Waals surface area (Å²) in [6, 6.07) is 11.4. The Kier molecular flexibility index (Phi) is 8.50. The third kappa shape index (κ3) is 6.64. The minimum absolute atomic E-state index is 0.164. The zero-order valence-corrected chi connectivity index (χ0v) is 18.5. The average Bonchev–Trinajstić information content (AvgIpc) is 2.68. The number of nitrogens with one attached hydrogen (secondary N) is 3. The zero-order valence-electron chi connectivity index (χ0n) is 17.0. The van der Waals surface area contributed by atoms with Crippen LogP contribution in [0.3, 0.4) is 0 Å². The summed E-state index contributed by atoms with van der Waals surface area (Å²) in [6.45, 7) is 5.19. The molecular formula is C21H24Cl2N4O3. The van der Waals surface area contributed by atoms with Gasteiger partial charge in [0.05, 0.1) is 21.8 Å². The molecule has 1 atom stereocenters. The van der Waals surface area contributed by atoms with Crippen molar-refractivity contribution in [2.24, 2.45) is 0 Å². The van der Waals surface area contributed by atoms with Gasteiger partial charge in [-0.15, -0.1) is 0 Å². The number of carbonyl (C=O) groups excluding carboxylic acids is 3. The van der Waals surface area contributed by atoms with Crippen LogP contribution in [0.1, 0.15) is 32.4 Å². The smallest absolute Gasteiger partial charge is 0.318 e. The second-order valence-electron chi connectivity index (χ2n) is 6.64. The number of likely N-dealkylation sites (N-methyl/N-ethyl adjacent to an activating group) is 1. The van der Waals surface area contributed by atoms with E-state index in [1.165, 1.54) is 11.8 Å². The Balaban J connectivity index is 2.00. The number of halogens is 2. The van der Waals surface area contributed by atoms with Crippen LogP contribution in [0.15, 0.2) is 42.5 Å². The summed E-state index contributed by atoms with van der Waals surface area (Å²) in [7, 11) is 0. The predicted octanol–water partition coefficient (Wildman–Crippen LogP) is 4.68. The van der Waals surface area contributed by atoms with Crippen molar-refractivity contribution >= 4 is 52.4 Å². The lowest BCUT2D eigenvalue weighted by molar-refractivity contribution is -0.117. The van der Waals surface area contributed by atoms with Gasteiger partial charge in [0.25, 0.3) is 0 Å². The molecule has 1 unspecified atom stereocenters. The fourth-order valence-electron chi connectivity index (χ4n) is 2.75. The van der Waals surface area contributed by atoms with E-state index in [-0.39, 0.29) is 18.5 Å². The number of urea groups is 1. The van der Waals surface area contributed by atoms with Crippen LogP contribution in [0.25, 0.3) is 0 Å². The van der Waals surface area contributed by atoms with Gasteiger partial charge >= 0.3 is 6.03 Å². The van der Waals surface area contributed by atoms with E-state index in [1.807, 2.05) is 13.0 Å². The number of nitrogens with zero attached hydrogens (tertiary/aromatic N) is 1. The molecule has 0 aromatic heterocycles. The molecule has 0 saturated heterocycles. The summed E-state index contributed by atoms with van der Waals surface area (Å²) in [6.07, 6.45) is 0. The Labute approximate surface area is 185 Å². The van der Waals surface area contributed by atoms with Gasteiger partial charge in [-0.2, -0.15) is 0 Å². The van der Waals surface area contributed by atoms with Crippen molar-refractivity contribution in [3.8, 4) is 0 Å². The standard InChI is InChI=1S/C21H24Cl2N4O3/c1-4-27(12-19(29)26-20-17(22)9-6-10-18(20)23)21(30)24-13(2)15-7-5-8-16(11-15)25-14(3)28/h5-11,13H,4,12H2,1-3H3,(H,24,30)(H,25,28)(H,26,29). The van der Waals surface area contributed by atoms with Crippen molar-refractivity contribution < 1.29 is 14.4 Å². The van der Waals surface area contributed by atoms with Crippen molar-refractivity contribution in [1.82, 2.24) is 10.2 Å². The monoisotopic (exact) mass is 450 g/mol. The number of para-hydroxylation sites is 1. The molecule has 0 heterocycles. The SMILES string of the molecule is CCN(CC(=O)Nc1c(Cl)cccc1Cl)C(=O)NC(C)c1cccc(NC(C)=O)c1. The molecule has 0 aliphatic heterocycles. The second kappa shape index (κ2) is 10.8. The molecule has 9 heteroatoms. The molecule has 0 spiro atoms. The molecule has 2 aromatic carbocycles. The highest BCUT2D eigenvalue weighted by molar-refractivity contribution is 6.39. The third-order valence-corrected chi connectivity index (χ3v) is 4.91. The fraction of sp³-hybridized carbons (Fsp3) is 0.286. The normalized spacial score (nSPS) is 11.4. The number of amides is 4. The summed E-state index contributed by atoms with van der Waals surface area (Å²) >= 11 is 12.1. The maximum atomic E-state index is 12.7. The number of hydrogen-bond acceptors (Lipinski definition) is 3. The molecule has 0 aliphatic rings. The first kappa shape index (κ1) is 23.5. The number of benzene rings is 2. The summed E-state index contributed by atoms with van der Waals surface area (Å²) < 4.78 is 0. The van der Waals surface area contributed by atoms with Crippen LogP contribution in [0.4, 0.5) is 16.2 Å². The minimum atomic E-state index is -0.415. The maximum Gasteiger partial charge on any atom is 0.318 e. The highest BCUT2D eigenvalue weighted by Gasteiger charge is 2.19. The van der Waals surface area contributed by atoms with Crippen molar-refractivity contribution in [2.45, 2.75) is 26.8 Å². The largest absolute Gasteiger partial charge is 0.331 e. The number of carbonyl (C=O) groups is 3. The van der Waals surface area contributed by atoms with E-state index in [1.54, 1.807) is 43.3 Å². The number of anilines is 2. The van der Waals surface area contributed by atoms with Crippen LogP contribution in [0, 0.1) is 0 Å². The minimum Gasteiger partial charge on any atom is -0.331 e. The van der Waals surface area contributed by atoms with Gasteiger partial charge in [-0.1, -0.05) is 41.4 Å². The predicted molar refractivity (Wildman–Crippen MR) is 120 cm³/mol. The van der Waals surface area contributed by atoms with E-state index in [0.29, 0.717) is 28.0 Å². The van der Waals surface area contributed by atoms with Crippen LogP contribution in [-0.2, 0) is 9.59 Å². The molecule has 4 amide bonds. The lowest BCUT2D eigenvalue weighted by Crippen LogP contribution is -2.44. The van der Waals surface area contributed by atoms with E-state index in [2.05, 4.69) is 16.0 Å². The van der Waals surface area contributed by atoms with Crippen LogP contribution in [0.5, 0.6) is 0 Å². The van der Waals surface area contributed by atoms with E-state index >= 15 is 0 Å². The molecule has 3 N–H and O–H groups in total. The molecule has 7 nitrogen and oxygen atoms in total. The molecule has 160 valence electrons. The van der Waals surface area contributed by atoms with Gasteiger partial charge < -0.3 is 20.9 Å². The highest BCUT2D eigenvalue weighted by Crippen LogP contribution is 2.29. The van der Waals surface area contributed by atoms with Gasteiger partial charge in [-0.05, 0) is 43.7 Å². The van der Waals surface area contributed by atoms with Gasteiger partial charge in [-0.3, -0.25) is 9.59 Å². The molecule has 0 aliphatic carbocycles. The molecule has 0 fully saturated rings. The van der Waals surface area contributed by atoms with Gasteiger partial charge in [0.2, 0.25) is 11.8 Å². The quantitative estimate of drug-likeness (QED) is 0.571. The average molecular weight is 451 g/mol. The molecule has 0 radical (unpaired) electrons. The Morgan fingerprint density at radius 2 is 1.67 bits per heavy atom. The van der Waals surface area contributed by atoms with E-state index in [9.17, 15) is 14.4 Å². The highest BCUT2D eigenvalue weighted by atomic mass is 35.5. The van der Waals surface area contributed by atoms with Crippen LogP contribution in [0.2, 0.25) is 10.0 Å². The Bertz CT molecular complexity index is 916. The number of rotatable bonds is 7. The van der Waals surface area contributed by atoms with Crippen molar-refractivity contribution in [2.75, 3.05) is 23.7 Å². The molecular weight excluding hydrogens is 427 g/mol. The van der Waals surface area contributed by atoms with E-state index in [4.69, 9.17) is 23.2 Å². The summed E-state index contributed by atoms with van der Waals surface area (Å²) in [5.74, 6) is -0.590. The summed E-state index contributed by atoms with van der Waals surface area (Å²) in [5.41, 5.74) is 1.77. The Morgan fingerprint density at radius 3 is 2.27 bits per heavy atom. The molecule has 0 saturated carbocycles. The molecule has 2 aromatic rings. The maximum absolute atomic E-state index is 12.7. The van der Waals surface area contributed by atoms with Gasteiger partial charge in [0.15, 0.2) is 0 Å². The zero-order chi connectivity index (χ0) is 22.3. The van der Waals surface area contributed by atoms with E-state index in [0.717, 1.165) is 5.56 Å². The lowest BCUT2D eigenvalue weighted by Gasteiger charge is -2.24. The van der Waals surface area contributed by atoms with Crippen molar-refractivity contribution in [3.05, 3.63) is 58.1 Å². The lowest BCUT2D eigenvalue weighted by atomic mass is 10.1. The van der Waals surface area contributed by atoms with Crippen LogP contribution in [-0.4, -0.2) is 35.8 Å². The van der Waals surface area contributed by atoms with Gasteiger partial charge in [0, 0.05) is 19.2 Å². The first-order valence-corrected chi connectivity index (χ1v) is 10.1. The summed E-state index contributed by atoms with van der Waals surface area (Å²) in [5, 5.41) is 8.85. The first-order valence-electron chi connectivity index (χ1n) is 9.38. The van der Waals surface area contributed by atoms with E-state index < -0.39 is 11.9 Å². The Hall–Kier alpha value is -2.77. The third-order valence-electron chi connectivity index (χ3n) is 4.28. The topological polar surface area (TPSA) is 90.5 Å². The fourth-order valence-corrected chi connectivity index (χ4v) is 3.24. The Morgan fingerprint density at radius 1 is 1.03 bits per heavy atom. The number of hydrogen-bond donors (Lipinski definition) is 3. The van der Waals surface area contributed by atoms with Crippen LogP contribution < -0.4 is 16.0 Å².